The number of esters is 1. The van der Waals surface area contributed by atoms with Crippen LogP contribution in [0.3, 0.4) is 0 Å². The number of ether oxygens (including phenoxy) is 1. The van der Waals surface area contributed by atoms with Crippen LogP contribution in [0.2, 0.25) is 0 Å². The lowest BCUT2D eigenvalue weighted by Crippen LogP contribution is -2.60. The largest absolute Gasteiger partial charge is 0.465 e. The highest BCUT2D eigenvalue weighted by atomic mass is 16.5. The van der Waals surface area contributed by atoms with Crippen molar-refractivity contribution in [3.8, 4) is 0 Å². The molecule has 1 heterocycles. The van der Waals surface area contributed by atoms with Crippen LogP contribution in [0.4, 0.5) is 0 Å². The molecule has 116 valence electrons. The molecule has 2 fully saturated rings. The first-order valence-electron chi connectivity index (χ1n) is 8.27. The minimum Gasteiger partial charge on any atom is -0.465 e. The van der Waals surface area contributed by atoms with Gasteiger partial charge in [0.1, 0.15) is 5.54 Å². The Morgan fingerprint density at radius 2 is 2.05 bits per heavy atom. The summed E-state index contributed by atoms with van der Waals surface area (Å²) < 4.78 is 5.28. The molecule has 4 nitrogen and oxygen atoms in total. The second kappa shape index (κ2) is 6.90. The molecule has 1 aliphatic heterocycles. The molecule has 0 amide bonds. The summed E-state index contributed by atoms with van der Waals surface area (Å²) in [6.45, 7) is 9.06. The Labute approximate surface area is 123 Å². The molecule has 0 aromatic rings. The highest BCUT2D eigenvalue weighted by Crippen LogP contribution is 2.37. The summed E-state index contributed by atoms with van der Waals surface area (Å²) in [7, 11) is 0. The molecule has 1 saturated carbocycles. The summed E-state index contributed by atoms with van der Waals surface area (Å²) in [5, 5.41) is 3.35. The number of hydrogen-bond acceptors (Lipinski definition) is 4. The van der Waals surface area contributed by atoms with Crippen molar-refractivity contribution in [2.24, 2.45) is 5.92 Å². The molecule has 4 heteroatoms. The van der Waals surface area contributed by atoms with Gasteiger partial charge in [0, 0.05) is 12.6 Å². The normalized spacial score (nSPS) is 29.8. The fraction of sp³-hybridized carbons (Fsp3) is 0.938. The van der Waals surface area contributed by atoms with E-state index in [1.807, 2.05) is 20.8 Å². The van der Waals surface area contributed by atoms with Gasteiger partial charge < -0.3 is 10.1 Å². The molecular weight excluding hydrogens is 252 g/mol. The molecular formula is C16H30N2O2. The van der Waals surface area contributed by atoms with Gasteiger partial charge in [-0.25, -0.2) is 0 Å². The number of nitrogens with one attached hydrogen (secondary N) is 1. The van der Waals surface area contributed by atoms with E-state index in [-0.39, 0.29) is 5.97 Å². The van der Waals surface area contributed by atoms with Gasteiger partial charge in [-0.2, -0.15) is 0 Å². The first-order chi connectivity index (χ1) is 9.60. The molecule has 3 unspecified atom stereocenters. The maximum Gasteiger partial charge on any atom is 0.327 e. The summed E-state index contributed by atoms with van der Waals surface area (Å²) in [6.07, 6.45) is 6.67. The van der Waals surface area contributed by atoms with Crippen molar-refractivity contribution in [3.05, 3.63) is 0 Å². The molecule has 1 aliphatic carbocycles. The van der Waals surface area contributed by atoms with E-state index in [2.05, 4.69) is 10.2 Å². The molecule has 0 spiro atoms. The Balaban J connectivity index is 2.04. The van der Waals surface area contributed by atoms with Gasteiger partial charge in [-0.3, -0.25) is 9.69 Å². The maximum absolute atomic E-state index is 12.3. The number of nitrogens with zero attached hydrogens (tertiary/aromatic N) is 1. The Kier molecular flexibility index (Phi) is 5.44. The minimum absolute atomic E-state index is 0.109. The van der Waals surface area contributed by atoms with Crippen LogP contribution in [-0.4, -0.2) is 48.7 Å². The number of carbonyl (C=O) groups excluding carboxylic acids is 1. The van der Waals surface area contributed by atoms with Crippen LogP contribution in [0, 0.1) is 5.92 Å². The van der Waals surface area contributed by atoms with Gasteiger partial charge in [0.05, 0.1) is 6.61 Å². The van der Waals surface area contributed by atoms with E-state index >= 15 is 0 Å². The molecule has 1 N–H and O–H groups in total. The lowest BCUT2D eigenvalue weighted by atomic mass is 9.90. The van der Waals surface area contributed by atoms with Crippen molar-refractivity contribution in [1.82, 2.24) is 10.2 Å². The van der Waals surface area contributed by atoms with E-state index in [4.69, 9.17) is 4.74 Å². The standard InChI is InChI=1S/C16H30N2O2/c1-4-17-16(3,15(19)20-5-2)12-18-11-7-9-13-8-6-10-14(13)18/h13-14,17H,4-12H2,1-3H3. The number of fused-ring (bicyclic) bond motifs is 1. The monoisotopic (exact) mass is 282 g/mol. The third-order valence-electron chi connectivity index (χ3n) is 4.92. The number of hydrogen-bond donors (Lipinski definition) is 1. The fourth-order valence-electron chi connectivity index (χ4n) is 4.03. The average molecular weight is 282 g/mol. The predicted molar refractivity (Wildman–Crippen MR) is 80.7 cm³/mol. The van der Waals surface area contributed by atoms with Gasteiger partial charge in [0.2, 0.25) is 0 Å². The summed E-state index contributed by atoms with van der Waals surface area (Å²) in [6, 6.07) is 0.691. The van der Waals surface area contributed by atoms with E-state index in [1.165, 1.54) is 32.1 Å². The van der Waals surface area contributed by atoms with Crippen molar-refractivity contribution in [3.63, 3.8) is 0 Å². The van der Waals surface area contributed by atoms with Gasteiger partial charge in [0.25, 0.3) is 0 Å². The van der Waals surface area contributed by atoms with Gasteiger partial charge in [-0.1, -0.05) is 13.3 Å². The predicted octanol–water partition coefficient (Wildman–Crippen LogP) is 2.18. The summed E-state index contributed by atoms with van der Waals surface area (Å²) in [5.74, 6) is 0.749. The maximum atomic E-state index is 12.3. The van der Waals surface area contributed by atoms with Crippen LogP contribution in [0.25, 0.3) is 0 Å². The molecule has 2 aliphatic rings. The second-order valence-electron chi connectivity index (χ2n) is 6.45. The van der Waals surface area contributed by atoms with Crippen molar-refractivity contribution < 1.29 is 9.53 Å². The molecule has 2 rings (SSSR count). The van der Waals surface area contributed by atoms with Gasteiger partial charge in [-0.05, 0) is 58.5 Å². The van der Waals surface area contributed by atoms with Crippen LogP contribution in [0.1, 0.15) is 52.9 Å². The molecule has 3 atom stereocenters. The van der Waals surface area contributed by atoms with E-state index in [1.54, 1.807) is 0 Å². The Morgan fingerprint density at radius 1 is 1.30 bits per heavy atom. The SMILES string of the molecule is CCNC(C)(CN1CCCC2CCCC21)C(=O)OCC. The van der Waals surface area contributed by atoms with Crippen molar-refractivity contribution in [2.45, 2.75) is 64.5 Å². The van der Waals surface area contributed by atoms with E-state index in [0.717, 1.165) is 25.6 Å². The zero-order valence-corrected chi connectivity index (χ0v) is 13.3. The van der Waals surface area contributed by atoms with Gasteiger partial charge in [-0.15, -0.1) is 0 Å². The first-order valence-corrected chi connectivity index (χ1v) is 8.27. The van der Waals surface area contributed by atoms with Crippen LogP contribution < -0.4 is 5.32 Å². The summed E-state index contributed by atoms with van der Waals surface area (Å²) in [4.78, 5) is 14.9. The van der Waals surface area contributed by atoms with Crippen LogP contribution in [-0.2, 0) is 9.53 Å². The van der Waals surface area contributed by atoms with Crippen LogP contribution in [0.15, 0.2) is 0 Å². The lowest BCUT2D eigenvalue weighted by Gasteiger charge is -2.42. The molecule has 20 heavy (non-hydrogen) atoms. The summed E-state index contributed by atoms with van der Waals surface area (Å²) in [5.41, 5.74) is -0.574. The highest BCUT2D eigenvalue weighted by Gasteiger charge is 2.41. The minimum atomic E-state index is -0.574. The third-order valence-corrected chi connectivity index (χ3v) is 4.92. The van der Waals surface area contributed by atoms with Crippen LogP contribution >= 0.6 is 0 Å². The highest BCUT2D eigenvalue weighted by molar-refractivity contribution is 5.80. The van der Waals surface area contributed by atoms with E-state index < -0.39 is 5.54 Å². The lowest BCUT2D eigenvalue weighted by molar-refractivity contribution is -0.152. The van der Waals surface area contributed by atoms with Crippen LogP contribution in [0.5, 0.6) is 0 Å². The van der Waals surface area contributed by atoms with E-state index in [9.17, 15) is 4.79 Å². The molecule has 0 aromatic carbocycles. The zero-order chi connectivity index (χ0) is 14.6. The quantitative estimate of drug-likeness (QED) is 0.758. The number of likely N-dealkylation sites (tertiary alicyclic amines) is 1. The molecule has 0 radical (unpaired) electrons. The second-order valence-corrected chi connectivity index (χ2v) is 6.45. The van der Waals surface area contributed by atoms with Crippen molar-refractivity contribution >= 4 is 5.97 Å². The topological polar surface area (TPSA) is 41.6 Å². The van der Waals surface area contributed by atoms with Gasteiger partial charge >= 0.3 is 5.97 Å². The zero-order valence-electron chi connectivity index (χ0n) is 13.3. The number of carbonyl (C=O) groups is 1. The Bertz CT molecular complexity index is 334. The van der Waals surface area contributed by atoms with E-state index in [0.29, 0.717) is 12.6 Å². The summed E-state index contributed by atoms with van der Waals surface area (Å²) >= 11 is 0. The number of likely N-dealkylation sites (N-methyl/N-ethyl adjacent to an activating group) is 1. The molecule has 0 aromatic heterocycles. The molecule has 1 saturated heterocycles. The molecule has 0 bridgehead atoms. The first kappa shape index (κ1) is 15.8. The average Bonchev–Trinajstić information content (AvgIpc) is 2.88. The number of piperidine rings is 1. The van der Waals surface area contributed by atoms with Gasteiger partial charge in [0.15, 0.2) is 0 Å². The van der Waals surface area contributed by atoms with Crippen molar-refractivity contribution in [2.75, 3.05) is 26.2 Å². The Hall–Kier alpha value is -0.610. The van der Waals surface area contributed by atoms with Crippen molar-refractivity contribution in [1.29, 1.82) is 0 Å². The smallest absolute Gasteiger partial charge is 0.327 e. The third kappa shape index (κ3) is 3.34. The fourth-order valence-corrected chi connectivity index (χ4v) is 4.03. The Morgan fingerprint density at radius 3 is 2.75 bits per heavy atom. The number of rotatable bonds is 6.